The molecule has 2 saturated heterocycles. The average Bonchev–Trinajstić information content (AvgIpc) is 3.30. The summed E-state index contributed by atoms with van der Waals surface area (Å²) in [6.07, 6.45) is -2.32. The molecule has 8 atom stereocenters. The van der Waals surface area contributed by atoms with Crippen LogP contribution in [0.4, 0.5) is 18.9 Å². The van der Waals surface area contributed by atoms with Crippen LogP contribution in [0.1, 0.15) is 84.9 Å². The summed E-state index contributed by atoms with van der Waals surface area (Å²) in [5.74, 6) is -1.98. The van der Waals surface area contributed by atoms with Gasteiger partial charge < -0.3 is 25.8 Å². The van der Waals surface area contributed by atoms with E-state index < -0.39 is 59.5 Å². The average molecular weight is 679 g/mol. The minimum atomic E-state index is -4.63. The first-order valence-corrected chi connectivity index (χ1v) is 16.5. The van der Waals surface area contributed by atoms with E-state index in [4.69, 9.17) is 10.5 Å². The van der Waals surface area contributed by atoms with Crippen LogP contribution in [0.3, 0.4) is 0 Å². The van der Waals surface area contributed by atoms with Gasteiger partial charge in [-0.1, -0.05) is 34.1 Å². The van der Waals surface area contributed by atoms with Crippen LogP contribution in [0.25, 0.3) is 11.8 Å². The van der Waals surface area contributed by atoms with Crippen LogP contribution in [0.15, 0.2) is 36.0 Å². The van der Waals surface area contributed by atoms with Gasteiger partial charge in [0, 0.05) is 42.3 Å². The Kier molecular flexibility index (Phi) is 11.2. The third-order valence-corrected chi connectivity index (χ3v) is 10.5. The van der Waals surface area contributed by atoms with E-state index in [-0.39, 0.29) is 35.6 Å². The maximum absolute atomic E-state index is 13.5. The Hall–Kier alpha value is -3.26. The standard InChI is InChI=1S/C35H49F3N4O6/c1-20-8-7-12-34(6)28(41(34)14-15-43)18-27(48-30(45)19-29(44)33(4,5)32(47)22(3)31(20)46)21(2)16-23-11-13-42(40-23)24-9-10-26(39)25(17-24)35(36,37)38/h9-11,13,16-17,20,22,27-29,31,43-44,46H,7-8,12,14-15,18-19,39H2,1-6H3/b21-16+/t20-,22+,27-,28-,29-,31-,34+,41?/m0/s1. The number of ether oxygens (including phenoxy) is 1. The van der Waals surface area contributed by atoms with Crippen molar-refractivity contribution in [2.24, 2.45) is 17.3 Å². The summed E-state index contributed by atoms with van der Waals surface area (Å²) in [5.41, 5.74) is 3.77. The number of alkyl halides is 3. The number of anilines is 1. The molecule has 2 aliphatic rings. The largest absolute Gasteiger partial charge is 0.458 e. The number of esters is 1. The van der Waals surface area contributed by atoms with Gasteiger partial charge in [-0.2, -0.15) is 18.3 Å². The number of β-amino-alcohol motifs (C(OH)–C–C–N with tert-alkyl or cyclic N) is 1. The van der Waals surface area contributed by atoms with Gasteiger partial charge in [0.25, 0.3) is 0 Å². The van der Waals surface area contributed by atoms with Gasteiger partial charge in [0.05, 0.1) is 47.6 Å². The predicted molar refractivity (Wildman–Crippen MR) is 175 cm³/mol. The van der Waals surface area contributed by atoms with Crippen LogP contribution in [0.2, 0.25) is 0 Å². The number of nitrogens with two attached hydrogens (primary N) is 1. The lowest BCUT2D eigenvalue weighted by atomic mass is 9.73. The molecule has 0 saturated carbocycles. The zero-order valence-electron chi connectivity index (χ0n) is 28.5. The molecule has 3 heterocycles. The highest BCUT2D eigenvalue weighted by Gasteiger charge is 2.58. The molecule has 48 heavy (non-hydrogen) atoms. The molecule has 2 fully saturated rings. The fourth-order valence-corrected chi connectivity index (χ4v) is 7.11. The normalized spacial score (nSPS) is 32.4. The number of ketones is 1. The minimum absolute atomic E-state index is 0.0473. The van der Waals surface area contributed by atoms with E-state index in [0.717, 1.165) is 18.9 Å². The molecule has 2 aromatic rings. The van der Waals surface area contributed by atoms with Gasteiger partial charge in [0.1, 0.15) is 11.9 Å². The van der Waals surface area contributed by atoms with Gasteiger partial charge in [-0.15, -0.1) is 0 Å². The first-order chi connectivity index (χ1) is 22.3. The van der Waals surface area contributed by atoms with E-state index in [1.165, 1.54) is 23.0 Å². The first kappa shape index (κ1) is 37.6. The summed E-state index contributed by atoms with van der Waals surface area (Å²) in [5, 5.41) is 36.3. The molecule has 13 heteroatoms. The summed E-state index contributed by atoms with van der Waals surface area (Å²) in [6, 6.07) is 5.11. The molecule has 0 radical (unpaired) electrons. The monoisotopic (exact) mass is 678 g/mol. The second-order valence-corrected chi connectivity index (χ2v) is 14.3. The van der Waals surface area contributed by atoms with Gasteiger partial charge >= 0.3 is 12.1 Å². The number of aliphatic hydroxyl groups excluding tert-OH is 3. The minimum Gasteiger partial charge on any atom is -0.458 e. The Labute approximate surface area is 279 Å². The van der Waals surface area contributed by atoms with Crippen LogP contribution < -0.4 is 5.73 Å². The van der Waals surface area contributed by atoms with Crippen LogP contribution in [-0.2, 0) is 20.5 Å². The molecular weight excluding hydrogens is 629 g/mol. The van der Waals surface area contributed by atoms with Crippen LogP contribution in [0, 0.1) is 17.3 Å². The van der Waals surface area contributed by atoms with E-state index in [9.17, 15) is 38.1 Å². The molecule has 2 aliphatic heterocycles. The van der Waals surface area contributed by atoms with Crippen molar-refractivity contribution in [3.63, 3.8) is 0 Å². The lowest BCUT2D eigenvalue weighted by Gasteiger charge is -2.34. The fourth-order valence-electron chi connectivity index (χ4n) is 7.11. The smallest absolute Gasteiger partial charge is 0.418 e. The van der Waals surface area contributed by atoms with Crippen molar-refractivity contribution in [1.82, 2.24) is 14.7 Å². The zero-order chi connectivity index (χ0) is 35.8. The highest BCUT2D eigenvalue weighted by atomic mass is 19.4. The number of rotatable bonds is 5. The Morgan fingerprint density at radius 1 is 1.17 bits per heavy atom. The Morgan fingerprint density at radius 3 is 2.50 bits per heavy atom. The Bertz CT molecular complexity index is 1510. The van der Waals surface area contributed by atoms with Crippen molar-refractivity contribution in [3.8, 4) is 5.69 Å². The number of nitrogen functional groups attached to an aromatic ring is 1. The number of cyclic esters (lactones) is 1. The second-order valence-electron chi connectivity index (χ2n) is 14.3. The van der Waals surface area contributed by atoms with E-state index in [2.05, 4.69) is 16.9 Å². The third-order valence-electron chi connectivity index (χ3n) is 10.5. The molecule has 1 aromatic heterocycles. The summed E-state index contributed by atoms with van der Waals surface area (Å²) in [6.45, 7) is 10.9. The topological polar surface area (TPSA) is 151 Å². The fraction of sp³-hybridized carbons (Fsp3) is 0.629. The summed E-state index contributed by atoms with van der Waals surface area (Å²) < 4.78 is 47.7. The van der Waals surface area contributed by atoms with Crippen molar-refractivity contribution in [3.05, 3.63) is 47.3 Å². The van der Waals surface area contributed by atoms with E-state index in [1.807, 2.05) is 6.92 Å². The zero-order valence-corrected chi connectivity index (χ0v) is 28.5. The number of halogens is 3. The Balaban J connectivity index is 1.65. The van der Waals surface area contributed by atoms with Crippen molar-refractivity contribution in [2.45, 2.75) is 110 Å². The highest BCUT2D eigenvalue weighted by molar-refractivity contribution is 5.88. The molecule has 1 aromatic carbocycles. The van der Waals surface area contributed by atoms with Gasteiger partial charge in [0.15, 0.2) is 0 Å². The number of Topliss-reactive ketones (excluding diaryl/α,β-unsaturated/α-hetero) is 1. The van der Waals surface area contributed by atoms with Gasteiger partial charge in [0.2, 0.25) is 0 Å². The van der Waals surface area contributed by atoms with Crippen LogP contribution in [-0.4, -0.2) is 84.8 Å². The first-order valence-electron chi connectivity index (χ1n) is 16.5. The van der Waals surface area contributed by atoms with E-state index in [1.54, 1.807) is 39.8 Å². The maximum atomic E-state index is 13.5. The van der Waals surface area contributed by atoms with Gasteiger partial charge in [-0.3, -0.25) is 14.5 Å². The van der Waals surface area contributed by atoms with E-state index >= 15 is 0 Å². The number of fused-ring (bicyclic) bond motifs is 1. The molecule has 0 spiro atoms. The molecule has 0 amide bonds. The van der Waals surface area contributed by atoms with E-state index in [0.29, 0.717) is 30.7 Å². The molecular formula is C35H49F3N4O6. The van der Waals surface area contributed by atoms with Crippen LogP contribution in [0.5, 0.6) is 0 Å². The van der Waals surface area contributed by atoms with Crippen molar-refractivity contribution in [1.29, 1.82) is 0 Å². The highest BCUT2D eigenvalue weighted by Crippen LogP contribution is 2.48. The number of benzene rings is 1. The maximum Gasteiger partial charge on any atom is 0.418 e. The SMILES string of the molecule is C/C(=C\c1ccn(-c2ccc(N)c(C(F)(F)F)c2)n1)[C@@H]1C[C@@H]2N(CCO)[C@]2(C)CCC[C@H](C)[C@H](O)[C@@H](C)C(=O)C(C)(C)[C@@H](O)CC(=O)O1. The number of hydrogen-bond donors (Lipinski definition) is 4. The number of hydrogen-bond acceptors (Lipinski definition) is 9. The molecule has 266 valence electrons. The summed E-state index contributed by atoms with van der Waals surface area (Å²) >= 11 is 0. The summed E-state index contributed by atoms with van der Waals surface area (Å²) in [7, 11) is 0. The lowest BCUT2D eigenvalue weighted by molar-refractivity contribution is -0.154. The van der Waals surface area contributed by atoms with Crippen molar-refractivity contribution >= 4 is 23.5 Å². The quantitative estimate of drug-likeness (QED) is 0.199. The number of aliphatic hydroxyl groups is 3. The van der Waals surface area contributed by atoms with Crippen molar-refractivity contribution < 1.29 is 42.8 Å². The van der Waals surface area contributed by atoms with Crippen molar-refractivity contribution in [2.75, 3.05) is 18.9 Å². The lowest BCUT2D eigenvalue weighted by Crippen LogP contribution is -2.45. The number of carbonyl (C=O) groups excluding carboxylic acids is 2. The number of aromatic nitrogens is 2. The molecule has 0 bridgehead atoms. The molecule has 1 unspecified atom stereocenters. The summed E-state index contributed by atoms with van der Waals surface area (Å²) in [4.78, 5) is 28.9. The number of nitrogens with zero attached hydrogens (tertiary/aromatic N) is 3. The number of carbonyl (C=O) groups is 2. The molecule has 5 N–H and O–H groups in total. The second kappa shape index (κ2) is 14.3. The van der Waals surface area contributed by atoms with Gasteiger partial charge in [-0.25, -0.2) is 4.68 Å². The molecule has 4 rings (SSSR count). The van der Waals surface area contributed by atoms with Gasteiger partial charge in [-0.05, 0) is 68.5 Å². The Morgan fingerprint density at radius 2 is 1.85 bits per heavy atom. The molecule has 10 nitrogen and oxygen atoms in total. The predicted octanol–water partition coefficient (Wildman–Crippen LogP) is 4.78. The van der Waals surface area contributed by atoms with Crippen LogP contribution >= 0.6 is 0 Å². The third kappa shape index (κ3) is 7.96. The molecule has 0 aliphatic carbocycles.